The molecule has 0 aromatic heterocycles. The van der Waals surface area contributed by atoms with Gasteiger partial charge >= 0.3 is 0 Å². The molecule has 0 aliphatic carbocycles. The van der Waals surface area contributed by atoms with Gasteiger partial charge in [-0.2, -0.15) is 0 Å². The Morgan fingerprint density at radius 1 is 1.44 bits per heavy atom. The van der Waals surface area contributed by atoms with Crippen LogP contribution in [0.4, 0.5) is 4.39 Å². The van der Waals surface area contributed by atoms with E-state index in [-0.39, 0.29) is 24.4 Å². The van der Waals surface area contributed by atoms with Gasteiger partial charge in [0.2, 0.25) is 0 Å². The minimum Gasteiger partial charge on any atom is -0.493 e. The van der Waals surface area contributed by atoms with Gasteiger partial charge in [-0.3, -0.25) is 0 Å². The molecular weight excluding hydrogens is 209 g/mol. The third-order valence-corrected chi connectivity index (χ3v) is 2.30. The molecule has 1 aromatic rings. The molecule has 1 unspecified atom stereocenters. The monoisotopic (exact) mass is 227 g/mol. The summed E-state index contributed by atoms with van der Waals surface area (Å²) in [6.45, 7) is 4.10. The molecule has 0 aliphatic rings. The summed E-state index contributed by atoms with van der Waals surface area (Å²) in [7, 11) is 0. The molecule has 0 radical (unpaired) electrons. The summed E-state index contributed by atoms with van der Waals surface area (Å²) in [5.74, 6) is 0.303. The fraction of sp³-hybridized carbons (Fsp3) is 0.500. The quantitative estimate of drug-likeness (QED) is 0.807. The largest absolute Gasteiger partial charge is 0.493 e. The minimum atomic E-state index is -0.324. The zero-order valence-corrected chi connectivity index (χ0v) is 9.61. The van der Waals surface area contributed by atoms with Crippen molar-refractivity contribution in [3.8, 4) is 5.75 Å². The standard InChI is InChI=1S/C12H18FNO2/c1-8(6-15)7-16-12-4-3-10(13)5-11(12)9(2)14/h3-5,8-9,15H,6-7,14H2,1-2H3/t8?,9-/m0/s1. The number of hydrogen-bond donors (Lipinski definition) is 2. The van der Waals surface area contributed by atoms with E-state index in [1.165, 1.54) is 12.1 Å². The number of nitrogens with two attached hydrogens (primary N) is 1. The first kappa shape index (κ1) is 12.9. The molecule has 0 fully saturated rings. The van der Waals surface area contributed by atoms with Gasteiger partial charge in [0.1, 0.15) is 11.6 Å². The number of aliphatic hydroxyl groups excluding tert-OH is 1. The van der Waals surface area contributed by atoms with Gasteiger partial charge in [0.05, 0.1) is 6.61 Å². The van der Waals surface area contributed by atoms with Crippen LogP contribution in [0.3, 0.4) is 0 Å². The first-order valence-corrected chi connectivity index (χ1v) is 5.33. The molecule has 3 N–H and O–H groups in total. The van der Waals surface area contributed by atoms with Crippen molar-refractivity contribution < 1.29 is 14.2 Å². The zero-order valence-electron chi connectivity index (χ0n) is 9.61. The van der Waals surface area contributed by atoms with Crippen molar-refractivity contribution >= 4 is 0 Å². The van der Waals surface area contributed by atoms with E-state index in [0.717, 1.165) is 0 Å². The van der Waals surface area contributed by atoms with Crippen LogP contribution in [0.15, 0.2) is 18.2 Å². The smallest absolute Gasteiger partial charge is 0.124 e. The highest BCUT2D eigenvalue weighted by Gasteiger charge is 2.10. The van der Waals surface area contributed by atoms with Gasteiger partial charge < -0.3 is 15.6 Å². The third kappa shape index (κ3) is 3.47. The first-order chi connectivity index (χ1) is 7.54. The summed E-state index contributed by atoms with van der Waals surface area (Å²) in [6, 6.07) is 4.00. The Hall–Kier alpha value is -1.13. The van der Waals surface area contributed by atoms with E-state index in [2.05, 4.69) is 0 Å². The molecule has 0 saturated carbocycles. The molecule has 0 amide bonds. The van der Waals surface area contributed by atoms with Gasteiger partial charge in [-0.1, -0.05) is 6.92 Å². The second-order valence-electron chi connectivity index (χ2n) is 4.07. The van der Waals surface area contributed by atoms with Gasteiger partial charge in [-0.05, 0) is 25.1 Å². The van der Waals surface area contributed by atoms with Gasteiger partial charge in [0.15, 0.2) is 0 Å². The van der Waals surface area contributed by atoms with Crippen LogP contribution in [-0.4, -0.2) is 18.3 Å². The van der Waals surface area contributed by atoms with Crippen LogP contribution >= 0.6 is 0 Å². The highest BCUT2D eigenvalue weighted by Crippen LogP contribution is 2.25. The molecule has 4 heteroatoms. The average Bonchev–Trinajstić information content (AvgIpc) is 2.26. The molecule has 0 bridgehead atoms. The Kier molecular flexibility index (Phi) is 4.71. The maximum atomic E-state index is 13.0. The van der Waals surface area contributed by atoms with E-state index in [1.54, 1.807) is 13.0 Å². The lowest BCUT2D eigenvalue weighted by Gasteiger charge is -2.16. The predicted molar refractivity (Wildman–Crippen MR) is 60.7 cm³/mol. The summed E-state index contributed by atoms with van der Waals surface area (Å²) in [6.07, 6.45) is 0. The minimum absolute atomic E-state index is 0.0472. The van der Waals surface area contributed by atoms with E-state index in [1.807, 2.05) is 6.92 Å². The second kappa shape index (κ2) is 5.82. The molecule has 0 saturated heterocycles. The Balaban J connectivity index is 2.78. The SMILES string of the molecule is CC(CO)COc1ccc(F)cc1[C@H](C)N. The van der Waals surface area contributed by atoms with Crippen LogP contribution in [0.25, 0.3) is 0 Å². The number of halogens is 1. The highest BCUT2D eigenvalue weighted by molar-refractivity contribution is 5.36. The first-order valence-electron chi connectivity index (χ1n) is 5.33. The molecule has 3 nitrogen and oxygen atoms in total. The fourth-order valence-electron chi connectivity index (χ4n) is 1.29. The van der Waals surface area contributed by atoms with Crippen molar-refractivity contribution in [2.24, 2.45) is 11.7 Å². The maximum absolute atomic E-state index is 13.0. The van der Waals surface area contributed by atoms with Crippen molar-refractivity contribution in [2.45, 2.75) is 19.9 Å². The van der Waals surface area contributed by atoms with E-state index in [0.29, 0.717) is 17.9 Å². The van der Waals surface area contributed by atoms with Gasteiger partial charge in [-0.15, -0.1) is 0 Å². The third-order valence-electron chi connectivity index (χ3n) is 2.30. The summed E-state index contributed by atoms with van der Waals surface area (Å²) in [4.78, 5) is 0. The number of hydrogen-bond acceptors (Lipinski definition) is 3. The van der Waals surface area contributed by atoms with Gasteiger partial charge in [-0.25, -0.2) is 4.39 Å². The summed E-state index contributed by atoms with van der Waals surface area (Å²) >= 11 is 0. The van der Waals surface area contributed by atoms with E-state index < -0.39 is 0 Å². The summed E-state index contributed by atoms with van der Waals surface area (Å²) < 4.78 is 18.5. The topological polar surface area (TPSA) is 55.5 Å². The second-order valence-corrected chi connectivity index (χ2v) is 4.07. The van der Waals surface area contributed by atoms with Crippen molar-refractivity contribution in [2.75, 3.05) is 13.2 Å². The van der Waals surface area contributed by atoms with Gasteiger partial charge in [0, 0.05) is 24.1 Å². The highest BCUT2D eigenvalue weighted by atomic mass is 19.1. The van der Waals surface area contributed by atoms with Crippen LogP contribution in [0.5, 0.6) is 5.75 Å². The number of benzene rings is 1. The molecule has 0 spiro atoms. The van der Waals surface area contributed by atoms with Crippen LogP contribution < -0.4 is 10.5 Å². The van der Waals surface area contributed by atoms with E-state index in [9.17, 15) is 4.39 Å². The fourth-order valence-corrected chi connectivity index (χ4v) is 1.29. The molecule has 2 atom stereocenters. The van der Waals surface area contributed by atoms with Crippen molar-refractivity contribution in [1.29, 1.82) is 0 Å². The van der Waals surface area contributed by atoms with Crippen LogP contribution in [0.1, 0.15) is 25.5 Å². The molecular formula is C12H18FNO2. The molecule has 0 heterocycles. The summed E-state index contributed by atoms with van der Waals surface area (Å²) in [5, 5.41) is 8.87. The lowest BCUT2D eigenvalue weighted by Crippen LogP contribution is -2.14. The lowest BCUT2D eigenvalue weighted by molar-refractivity contribution is 0.173. The normalized spacial score (nSPS) is 14.6. The Labute approximate surface area is 95.0 Å². The van der Waals surface area contributed by atoms with Crippen LogP contribution in [0, 0.1) is 11.7 Å². The Morgan fingerprint density at radius 3 is 2.69 bits per heavy atom. The van der Waals surface area contributed by atoms with E-state index >= 15 is 0 Å². The van der Waals surface area contributed by atoms with Crippen LogP contribution in [0.2, 0.25) is 0 Å². The predicted octanol–water partition coefficient (Wildman–Crippen LogP) is 1.85. The molecule has 16 heavy (non-hydrogen) atoms. The lowest BCUT2D eigenvalue weighted by atomic mass is 10.1. The molecule has 1 rings (SSSR count). The maximum Gasteiger partial charge on any atom is 0.124 e. The van der Waals surface area contributed by atoms with Crippen molar-refractivity contribution in [3.63, 3.8) is 0 Å². The molecule has 1 aromatic carbocycles. The average molecular weight is 227 g/mol. The van der Waals surface area contributed by atoms with E-state index in [4.69, 9.17) is 15.6 Å². The number of rotatable bonds is 5. The summed E-state index contributed by atoms with van der Waals surface area (Å²) in [5.41, 5.74) is 6.37. The Bertz CT molecular complexity index is 342. The van der Waals surface area contributed by atoms with Crippen molar-refractivity contribution in [3.05, 3.63) is 29.6 Å². The van der Waals surface area contributed by atoms with Crippen LogP contribution in [-0.2, 0) is 0 Å². The Morgan fingerprint density at radius 2 is 2.12 bits per heavy atom. The molecule has 0 aliphatic heterocycles. The zero-order chi connectivity index (χ0) is 12.1. The van der Waals surface area contributed by atoms with Gasteiger partial charge in [0.25, 0.3) is 0 Å². The van der Waals surface area contributed by atoms with Crippen molar-refractivity contribution in [1.82, 2.24) is 0 Å². The molecule has 90 valence electrons. The number of ether oxygens (including phenoxy) is 1. The number of aliphatic hydroxyl groups is 1.